The number of rotatable bonds is 2. The van der Waals surface area contributed by atoms with Gasteiger partial charge in [-0.3, -0.25) is 0 Å². The van der Waals surface area contributed by atoms with E-state index in [1.54, 1.807) is 22.6 Å². The van der Waals surface area contributed by atoms with Crippen molar-refractivity contribution in [2.24, 2.45) is 0 Å². The molecule has 0 atom stereocenters. The average molecular weight is 313 g/mol. The first-order valence-electron chi connectivity index (χ1n) is 3.58. The van der Waals surface area contributed by atoms with Crippen LogP contribution in [0.5, 0.6) is 0 Å². The minimum absolute atomic E-state index is 0.0532. The molecule has 1 aromatic heterocycles. The number of carbonyl (C=O) groups excluding carboxylic acids is 1. The van der Waals surface area contributed by atoms with Gasteiger partial charge in [-0.1, -0.05) is 0 Å². The number of hydrogen-bond acceptors (Lipinski definition) is 3. The van der Waals surface area contributed by atoms with Crippen LogP contribution in [-0.2, 0) is 4.74 Å². The van der Waals surface area contributed by atoms with Gasteiger partial charge < -0.3 is 4.74 Å². The first-order valence-corrected chi connectivity index (χ1v) is 4.66. The van der Waals surface area contributed by atoms with Gasteiger partial charge >= 0.3 is 5.97 Å². The Morgan fingerprint density at radius 2 is 2.29 bits per heavy atom. The van der Waals surface area contributed by atoms with Gasteiger partial charge in [-0.05, 0) is 28.7 Å². The molecule has 0 N–H and O–H groups in total. The molecule has 0 bridgehead atoms. The Kier molecular flexibility index (Phi) is 3.73. The quantitative estimate of drug-likeness (QED) is 0.622. The van der Waals surface area contributed by atoms with E-state index in [0.717, 1.165) is 6.20 Å². The predicted molar refractivity (Wildman–Crippen MR) is 53.3 cm³/mol. The minimum Gasteiger partial charge on any atom is -0.464 e. The highest BCUT2D eigenvalue weighted by molar-refractivity contribution is 14.1. The van der Waals surface area contributed by atoms with Crippen molar-refractivity contribution in [3.8, 4) is 0 Å². The van der Waals surface area contributed by atoms with Crippen molar-refractivity contribution < 1.29 is 18.3 Å². The van der Waals surface area contributed by atoms with E-state index in [0.29, 0.717) is 3.57 Å². The van der Waals surface area contributed by atoms with Crippen molar-refractivity contribution in [3.63, 3.8) is 0 Å². The van der Waals surface area contributed by atoms with Crippen molar-refractivity contribution in [2.45, 2.75) is 6.43 Å². The molecule has 0 amide bonds. The molecule has 0 aromatic carbocycles. The topological polar surface area (TPSA) is 39.2 Å². The molecule has 0 aliphatic heterocycles. The van der Waals surface area contributed by atoms with E-state index in [-0.39, 0.29) is 11.3 Å². The van der Waals surface area contributed by atoms with Crippen molar-refractivity contribution in [3.05, 3.63) is 27.1 Å². The van der Waals surface area contributed by atoms with Crippen LogP contribution >= 0.6 is 22.6 Å². The van der Waals surface area contributed by atoms with Gasteiger partial charge in [0.05, 0.1) is 7.11 Å². The molecule has 3 nitrogen and oxygen atoms in total. The minimum atomic E-state index is -2.58. The fourth-order valence-electron chi connectivity index (χ4n) is 0.819. The summed E-state index contributed by atoms with van der Waals surface area (Å²) in [4.78, 5) is 14.6. The van der Waals surface area contributed by atoms with Crippen LogP contribution in [0.4, 0.5) is 8.78 Å². The van der Waals surface area contributed by atoms with Crippen molar-refractivity contribution >= 4 is 28.6 Å². The molecule has 1 aromatic rings. The Morgan fingerprint density at radius 3 is 2.71 bits per heavy atom. The molecule has 0 aliphatic rings. The lowest BCUT2D eigenvalue weighted by Gasteiger charge is -2.03. The second-order valence-electron chi connectivity index (χ2n) is 2.39. The van der Waals surface area contributed by atoms with E-state index in [9.17, 15) is 13.6 Å². The molecule has 0 saturated carbocycles. The van der Waals surface area contributed by atoms with E-state index in [4.69, 9.17) is 0 Å². The molecule has 0 fully saturated rings. The summed E-state index contributed by atoms with van der Waals surface area (Å²) in [6.07, 6.45) is -1.61. The Morgan fingerprint density at radius 1 is 1.64 bits per heavy atom. The SMILES string of the molecule is COC(=O)c1ncc(C(F)F)cc1I. The summed E-state index contributed by atoms with van der Waals surface area (Å²) in [5.41, 5.74) is -0.153. The van der Waals surface area contributed by atoms with Gasteiger partial charge in [0.1, 0.15) is 0 Å². The molecule has 0 aliphatic carbocycles. The van der Waals surface area contributed by atoms with Gasteiger partial charge in [0.25, 0.3) is 6.43 Å². The van der Waals surface area contributed by atoms with Crippen LogP contribution in [0.25, 0.3) is 0 Å². The maximum Gasteiger partial charge on any atom is 0.357 e. The summed E-state index contributed by atoms with van der Waals surface area (Å²) < 4.78 is 29.2. The van der Waals surface area contributed by atoms with Crippen LogP contribution in [0.1, 0.15) is 22.5 Å². The number of methoxy groups -OCH3 is 1. The van der Waals surface area contributed by atoms with Crippen LogP contribution < -0.4 is 0 Å². The Balaban J connectivity index is 3.07. The molecule has 0 saturated heterocycles. The highest BCUT2D eigenvalue weighted by atomic mass is 127. The van der Waals surface area contributed by atoms with E-state index in [1.807, 2.05) is 0 Å². The van der Waals surface area contributed by atoms with Gasteiger partial charge in [0, 0.05) is 15.3 Å². The van der Waals surface area contributed by atoms with Crippen molar-refractivity contribution in [2.75, 3.05) is 7.11 Å². The van der Waals surface area contributed by atoms with Crippen LogP contribution in [0, 0.1) is 3.57 Å². The maximum absolute atomic E-state index is 12.2. The predicted octanol–water partition coefficient (Wildman–Crippen LogP) is 2.41. The molecule has 0 radical (unpaired) electrons. The molecule has 14 heavy (non-hydrogen) atoms. The van der Waals surface area contributed by atoms with Crippen molar-refractivity contribution in [1.82, 2.24) is 4.98 Å². The lowest BCUT2D eigenvalue weighted by Crippen LogP contribution is -2.07. The van der Waals surface area contributed by atoms with E-state index in [1.165, 1.54) is 13.2 Å². The number of pyridine rings is 1. The van der Waals surface area contributed by atoms with Gasteiger partial charge in [0.15, 0.2) is 5.69 Å². The maximum atomic E-state index is 12.2. The highest BCUT2D eigenvalue weighted by Crippen LogP contribution is 2.21. The fourth-order valence-corrected chi connectivity index (χ4v) is 1.54. The van der Waals surface area contributed by atoms with Crippen molar-refractivity contribution in [1.29, 1.82) is 0 Å². The van der Waals surface area contributed by atoms with E-state index in [2.05, 4.69) is 9.72 Å². The summed E-state index contributed by atoms with van der Waals surface area (Å²) in [7, 11) is 1.21. The zero-order valence-corrected chi connectivity index (χ0v) is 9.29. The lowest BCUT2D eigenvalue weighted by atomic mass is 10.2. The fraction of sp³-hybridized carbons (Fsp3) is 0.250. The molecule has 6 heteroatoms. The largest absolute Gasteiger partial charge is 0.464 e. The molecule has 0 spiro atoms. The second-order valence-corrected chi connectivity index (χ2v) is 3.55. The Labute approximate surface area is 92.6 Å². The number of ether oxygens (including phenoxy) is 1. The highest BCUT2D eigenvalue weighted by Gasteiger charge is 2.15. The third-order valence-corrected chi connectivity index (χ3v) is 2.32. The zero-order chi connectivity index (χ0) is 10.7. The third-order valence-electron chi connectivity index (χ3n) is 1.49. The van der Waals surface area contributed by atoms with E-state index >= 15 is 0 Å². The third kappa shape index (κ3) is 2.37. The first-order chi connectivity index (χ1) is 6.56. The standard InChI is InChI=1S/C8H6F2INO2/c1-14-8(13)6-5(11)2-4(3-12-6)7(9)10/h2-3,7H,1H3. The van der Waals surface area contributed by atoms with Crippen LogP contribution in [0.15, 0.2) is 12.3 Å². The monoisotopic (exact) mass is 313 g/mol. The lowest BCUT2D eigenvalue weighted by molar-refractivity contribution is 0.0592. The number of esters is 1. The van der Waals surface area contributed by atoms with Gasteiger partial charge in [-0.25, -0.2) is 18.6 Å². The van der Waals surface area contributed by atoms with Crippen LogP contribution in [0.3, 0.4) is 0 Å². The van der Waals surface area contributed by atoms with Crippen LogP contribution in [-0.4, -0.2) is 18.1 Å². The smallest absolute Gasteiger partial charge is 0.357 e. The normalized spacial score (nSPS) is 10.4. The molecule has 1 rings (SSSR count). The molecule has 1 heterocycles. The second kappa shape index (κ2) is 4.63. The summed E-state index contributed by atoms with van der Waals surface area (Å²) in [5, 5.41) is 0. The number of carbonyl (C=O) groups is 1. The summed E-state index contributed by atoms with van der Waals surface area (Å²) in [6, 6.07) is 1.21. The van der Waals surface area contributed by atoms with Gasteiger partial charge in [0.2, 0.25) is 0 Å². The number of halogens is 3. The summed E-state index contributed by atoms with van der Waals surface area (Å²) in [6.45, 7) is 0. The average Bonchev–Trinajstić information content (AvgIpc) is 2.16. The molecular formula is C8H6F2INO2. The molecular weight excluding hydrogens is 307 g/mol. The number of alkyl halides is 2. The van der Waals surface area contributed by atoms with Gasteiger partial charge in [-0.15, -0.1) is 0 Å². The molecule has 76 valence electrons. The van der Waals surface area contributed by atoms with Gasteiger partial charge in [-0.2, -0.15) is 0 Å². The Hall–Kier alpha value is -0.790. The Bertz CT molecular complexity index is 357. The number of nitrogens with zero attached hydrogens (tertiary/aromatic N) is 1. The summed E-state index contributed by atoms with van der Waals surface area (Å²) in [5.74, 6) is -0.629. The number of aromatic nitrogens is 1. The first kappa shape index (κ1) is 11.3. The summed E-state index contributed by atoms with van der Waals surface area (Å²) >= 11 is 1.76. The van der Waals surface area contributed by atoms with E-state index < -0.39 is 12.4 Å². The zero-order valence-electron chi connectivity index (χ0n) is 7.13. The van der Waals surface area contributed by atoms with Crippen LogP contribution in [0.2, 0.25) is 0 Å². The molecule has 0 unspecified atom stereocenters. The number of hydrogen-bond donors (Lipinski definition) is 0.